The van der Waals surface area contributed by atoms with Crippen LogP contribution in [0, 0.1) is 0 Å². The molecule has 0 spiro atoms. The van der Waals surface area contributed by atoms with E-state index in [1.165, 1.54) is 18.5 Å². The zero-order valence-corrected chi connectivity index (χ0v) is 9.45. The van der Waals surface area contributed by atoms with Crippen molar-refractivity contribution in [3.63, 3.8) is 0 Å². The van der Waals surface area contributed by atoms with E-state index < -0.39 is 0 Å². The van der Waals surface area contributed by atoms with Crippen molar-refractivity contribution in [1.29, 1.82) is 0 Å². The fraction of sp³-hybridized carbons (Fsp3) is 0.545. The van der Waals surface area contributed by atoms with Gasteiger partial charge in [-0.05, 0) is 12.5 Å². The zero-order chi connectivity index (χ0) is 9.90. The van der Waals surface area contributed by atoms with Crippen LogP contribution in [0.15, 0.2) is 12.0 Å². The number of rotatable bonds is 4. The molecule has 0 unspecified atom stereocenters. The topological polar surface area (TPSA) is 12.9 Å². The van der Waals surface area contributed by atoms with Crippen molar-refractivity contribution in [2.45, 2.75) is 39.0 Å². The van der Waals surface area contributed by atoms with Gasteiger partial charge in [0.15, 0.2) is 0 Å². The molecule has 1 aromatic rings. The number of hydrogen-bond donors (Lipinski definition) is 0. The molecule has 72 valence electrons. The molecule has 0 radical (unpaired) electrons. The van der Waals surface area contributed by atoms with Gasteiger partial charge in [-0.1, -0.05) is 33.8 Å². The molecule has 0 aliphatic rings. The quantitative estimate of drug-likeness (QED) is 0.711. The van der Waals surface area contributed by atoms with Gasteiger partial charge in [0.05, 0.1) is 5.69 Å². The highest BCUT2D eigenvalue weighted by atomic mass is 32.1. The van der Waals surface area contributed by atoms with Crippen LogP contribution in [0.25, 0.3) is 6.08 Å². The molecule has 0 saturated heterocycles. The summed E-state index contributed by atoms with van der Waals surface area (Å²) in [6, 6.07) is 0. The Morgan fingerprint density at radius 3 is 2.77 bits per heavy atom. The summed E-state index contributed by atoms with van der Waals surface area (Å²) in [5.41, 5.74) is 1.42. The average Bonchev–Trinajstić information content (AvgIpc) is 2.52. The fourth-order valence-corrected chi connectivity index (χ4v) is 2.30. The van der Waals surface area contributed by atoms with Crippen molar-refractivity contribution in [2.24, 2.45) is 0 Å². The Morgan fingerprint density at radius 1 is 1.62 bits per heavy atom. The molecule has 0 atom stereocenters. The molecule has 0 aromatic carbocycles. The summed E-state index contributed by atoms with van der Waals surface area (Å²) >= 11 is 1.67. The summed E-state index contributed by atoms with van der Waals surface area (Å²) in [4.78, 5) is 4.52. The van der Waals surface area contributed by atoms with Crippen molar-refractivity contribution >= 4 is 17.4 Å². The first-order valence-corrected chi connectivity index (χ1v) is 5.56. The van der Waals surface area contributed by atoms with Gasteiger partial charge in [-0.2, -0.15) is 0 Å². The summed E-state index contributed by atoms with van der Waals surface area (Å²) in [6.07, 6.45) is 4.21. The lowest BCUT2D eigenvalue weighted by atomic mass is 9.85. The lowest BCUT2D eigenvalue weighted by Gasteiger charge is -2.21. The molecule has 13 heavy (non-hydrogen) atoms. The van der Waals surface area contributed by atoms with Crippen LogP contribution in [0.2, 0.25) is 0 Å². The standard InChI is InChI=1S/C11H17NS/c1-5-7-11(3,4)9-8-13-10(6-2)12-9/h6,8H,2,5,7H2,1,3-4H3. The maximum atomic E-state index is 4.52. The maximum absolute atomic E-state index is 4.52. The first kappa shape index (κ1) is 10.5. The van der Waals surface area contributed by atoms with Gasteiger partial charge in [-0.3, -0.25) is 0 Å². The van der Waals surface area contributed by atoms with Crippen LogP contribution in [-0.2, 0) is 5.41 Å². The molecule has 1 aromatic heterocycles. The molecule has 0 amide bonds. The van der Waals surface area contributed by atoms with Crippen molar-refractivity contribution in [3.05, 3.63) is 22.7 Å². The van der Waals surface area contributed by atoms with Crippen LogP contribution < -0.4 is 0 Å². The molecule has 1 nitrogen and oxygen atoms in total. The summed E-state index contributed by atoms with van der Waals surface area (Å²) in [6.45, 7) is 10.4. The third-order valence-electron chi connectivity index (χ3n) is 2.26. The van der Waals surface area contributed by atoms with E-state index in [2.05, 4.69) is 37.7 Å². The van der Waals surface area contributed by atoms with Crippen LogP contribution >= 0.6 is 11.3 Å². The minimum Gasteiger partial charge on any atom is -0.241 e. The fourth-order valence-electron chi connectivity index (χ4n) is 1.45. The largest absolute Gasteiger partial charge is 0.241 e. The van der Waals surface area contributed by atoms with Crippen molar-refractivity contribution in [3.8, 4) is 0 Å². The molecular formula is C11H17NS. The van der Waals surface area contributed by atoms with Gasteiger partial charge in [0.25, 0.3) is 0 Å². The highest BCUT2D eigenvalue weighted by Gasteiger charge is 2.21. The molecule has 0 aliphatic heterocycles. The van der Waals surface area contributed by atoms with E-state index in [9.17, 15) is 0 Å². The minimum absolute atomic E-state index is 0.215. The molecule has 0 bridgehead atoms. The van der Waals surface area contributed by atoms with Gasteiger partial charge in [0, 0.05) is 10.8 Å². The lowest BCUT2D eigenvalue weighted by molar-refractivity contribution is 0.462. The first-order valence-electron chi connectivity index (χ1n) is 4.68. The Balaban J connectivity index is 2.86. The highest BCUT2D eigenvalue weighted by molar-refractivity contribution is 7.10. The van der Waals surface area contributed by atoms with Crippen molar-refractivity contribution in [1.82, 2.24) is 4.98 Å². The van der Waals surface area contributed by atoms with E-state index in [1.807, 2.05) is 6.08 Å². The van der Waals surface area contributed by atoms with Gasteiger partial charge in [0.2, 0.25) is 0 Å². The second kappa shape index (κ2) is 4.05. The predicted molar refractivity (Wildman–Crippen MR) is 60.1 cm³/mol. The number of thiazole rings is 1. The summed E-state index contributed by atoms with van der Waals surface area (Å²) in [5.74, 6) is 0. The van der Waals surface area contributed by atoms with E-state index >= 15 is 0 Å². The van der Waals surface area contributed by atoms with Gasteiger partial charge in [0.1, 0.15) is 5.01 Å². The Morgan fingerprint density at radius 2 is 2.31 bits per heavy atom. The second-order valence-corrected chi connectivity index (χ2v) is 4.80. The van der Waals surface area contributed by atoms with Crippen LogP contribution in [0.3, 0.4) is 0 Å². The number of nitrogens with zero attached hydrogens (tertiary/aromatic N) is 1. The van der Waals surface area contributed by atoms with E-state index in [-0.39, 0.29) is 5.41 Å². The Kier molecular flexibility index (Phi) is 3.26. The van der Waals surface area contributed by atoms with Crippen molar-refractivity contribution in [2.75, 3.05) is 0 Å². The Bertz CT molecular complexity index is 286. The Hall–Kier alpha value is -0.630. The first-order chi connectivity index (χ1) is 6.10. The zero-order valence-electron chi connectivity index (χ0n) is 8.63. The molecule has 0 N–H and O–H groups in total. The van der Waals surface area contributed by atoms with E-state index in [0.29, 0.717) is 0 Å². The lowest BCUT2D eigenvalue weighted by Crippen LogP contribution is -2.16. The molecule has 1 rings (SSSR count). The molecule has 0 aliphatic carbocycles. The van der Waals surface area contributed by atoms with Gasteiger partial charge >= 0.3 is 0 Å². The van der Waals surface area contributed by atoms with Crippen LogP contribution in [-0.4, -0.2) is 4.98 Å². The highest BCUT2D eigenvalue weighted by Crippen LogP contribution is 2.29. The second-order valence-electron chi connectivity index (χ2n) is 3.91. The minimum atomic E-state index is 0.215. The van der Waals surface area contributed by atoms with E-state index in [4.69, 9.17) is 0 Å². The van der Waals surface area contributed by atoms with E-state index in [1.54, 1.807) is 11.3 Å². The molecule has 1 heterocycles. The Labute approximate surface area is 84.5 Å². The van der Waals surface area contributed by atoms with Gasteiger partial charge < -0.3 is 0 Å². The predicted octanol–water partition coefficient (Wildman–Crippen LogP) is 3.86. The summed E-state index contributed by atoms with van der Waals surface area (Å²) in [7, 11) is 0. The van der Waals surface area contributed by atoms with Gasteiger partial charge in [-0.25, -0.2) is 4.98 Å². The van der Waals surface area contributed by atoms with Crippen LogP contribution in [0.4, 0.5) is 0 Å². The average molecular weight is 195 g/mol. The summed E-state index contributed by atoms with van der Waals surface area (Å²) < 4.78 is 0. The van der Waals surface area contributed by atoms with Crippen LogP contribution in [0.5, 0.6) is 0 Å². The van der Waals surface area contributed by atoms with Gasteiger partial charge in [-0.15, -0.1) is 11.3 Å². The molecule has 0 saturated carbocycles. The third kappa shape index (κ3) is 2.41. The van der Waals surface area contributed by atoms with E-state index in [0.717, 1.165) is 5.01 Å². The SMILES string of the molecule is C=Cc1nc(C(C)(C)CCC)cs1. The monoisotopic (exact) mass is 195 g/mol. The number of aromatic nitrogens is 1. The van der Waals surface area contributed by atoms with Crippen molar-refractivity contribution < 1.29 is 0 Å². The molecular weight excluding hydrogens is 178 g/mol. The molecule has 0 fully saturated rings. The third-order valence-corrected chi connectivity index (χ3v) is 3.11. The maximum Gasteiger partial charge on any atom is 0.115 e. The molecule has 2 heteroatoms. The van der Waals surface area contributed by atoms with Crippen LogP contribution in [0.1, 0.15) is 44.3 Å². The summed E-state index contributed by atoms with van der Waals surface area (Å²) in [5, 5.41) is 3.17. The number of hydrogen-bond acceptors (Lipinski definition) is 2. The normalized spacial score (nSPS) is 11.6. The smallest absolute Gasteiger partial charge is 0.115 e.